The van der Waals surface area contributed by atoms with E-state index in [1.54, 1.807) is 0 Å². The number of hydrogen-bond donors (Lipinski definition) is 2. The number of rotatable bonds is 5. The molecule has 0 saturated carbocycles. The third-order valence-electron chi connectivity index (χ3n) is 6.54. The van der Waals surface area contributed by atoms with E-state index >= 15 is 0 Å². The van der Waals surface area contributed by atoms with E-state index in [1.807, 2.05) is 30.5 Å². The first-order chi connectivity index (χ1) is 13.9. The fourth-order valence-electron chi connectivity index (χ4n) is 5.21. The van der Waals surface area contributed by atoms with Crippen molar-refractivity contribution in [1.29, 1.82) is 0 Å². The van der Waals surface area contributed by atoms with Crippen LogP contribution in [0.25, 0.3) is 10.9 Å². The van der Waals surface area contributed by atoms with E-state index in [0.717, 1.165) is 32.5 Å². The predicted octanol–water partition coefficient (Wildman–Crippen LogP) is 4.43. The van der Waals surface area contributed by atoms with Crippen LogP contribution < -0.4 is 5.32 Å². The summed E-state index contributed by atoms with van der Waals surface area (Å²) in [5.74, 6) is 0.458. The number of benzene rings is 1. The van der Waals surface area contributed by atoms with Crippen molar-refractivity contribution in [2.24, 2.45) is 0 Å². The zero-order chi connectivity index (χ0) is 20.7. The number of amides is 2. The Morgan fingerprint density at radius 2 is 2.10 bits per heavy atom. The summed E-state index contributed by atoms with van der Waals surface area (Å²) in [4.78, 5) is 20.7. The Bertz CT molecular complexity index is 888. The summed E-state index contributed by atoms with van der Waals surface area (Å²) in [6.45, 7) is 11.0. The van der Waals surface area contributed by atoms with E-state index in [0.29, 0.717) is 17.2 Å². The highest BCUT2D eigenvalue weighted by Crippen LogP contribution is 2.46. The molecule has 2 amide bonds. The zero-order valence-electron chi connectivity index (χ0n) is 18.3. The van der Waals surface area contributed by atoms with Crippen molar-refractivity contribution < 1.29 is 4.79 Å². The summed E-state index contributed by atoms with van der Waals surface area (Å²) in [6.07, 6.45) is 2.10. The SMILES string of the molecule is CCN(CC)C(=O)N[C@H]1C[C@@H]2c3cccc4[nH]c(SC(C)C)c(c34)C[C@H]2N(C)C1. The van der Waals surface area contributed by atoms with Crippen LogP contribution in [-0.4, -0.2) is 64.8 Å². The second kappa shape index (κ2) is 8.23. The average Bonchev–Trinajstić information content (AvgIpc) is 3.01. The molecule has 2 N–H and O–H groups in total. The Labute approximate surface area is 178 Å². The minimum Gasteiger partial charge on any atom is -0.349 e. The van der Waals surface area contributed by atoms with Crippen molar-refractivity contribution in [3.8, 4) is 0 Å². The number of thioether (sulfide) groups is 1. The van der Waals surface area contributed by atoms with Crippen LogP contribution in [0, 0.1) is 0 Å². The molecule has 4 rings (SSSR count). The Hall–Kier alpha value is -1.66. The molecule has 3 atom stereocenters. The number of H-pyrrole nitrogens is 1. The van der Waals surface area contributed by atoms with Crippen molar-refractivity contribution in [3.63, 3.8) is 0 Å². The minimum absolute atomic E-state index is 0.0684. The number of likely N-dealkylation sites (tertiary alicyclic amines) is 1. The quantitative estimate of drug-likeness (QED) is 0.712. The summed E-state index contributed by atoms with van der Waals surface area (Å²) in [6, 6.07) is 7.45. The molecule has 1 aromatic carbocycles. The maximum absolute atomic E-state index is 12.6. The number of likely N-dealkylation sites (N-methyl/N-ethyl adjacent to an activating group) is 1. The van der Waals surface area contributed by atoms with Crippen LogP contribution in [-0.2, 0) is 6.42 Å². The molecule has 1 saturated heterocycles. The summed E-state index contributed by atoms with van der Waals surface area (Å²) in [5, 5.41) is 6.64. The number of carbonyl (C=O) groups excluding carboxylic acids is 1. The first kappa shape index (κ1) is 20.6. The molecule has 1 fully saturated rings. The standard InChI is InChI=1S/C23H34N4OS/c1-6-27(7-2)23(28)24-15-11-17-16-9-8-10-19-21(16)18(12-20(17)26(5)13-15)22(25-19)29-14(3)4/h8-10,14-15,17,20,25H,6-7,11-13H2,1-5H3,(H,24,28)/t15-,17+,20+/m0/s1. The maximum atomic E-state index is 12.6. The Kier molecular flexibility index (Phi) is 5.85. The van der Waals surface area contributed by atoms with Crippen LogP contribution >= 0.6 is 11.8 Å². The molecule has 1 aliphatic carbocycles. The van der Waals surface area contributed by atoms with Crippen LogP contribution in [0.5, 0.6) is 0 Å². The van der Waals surface area contributed by atoms with E-state index in [2.05, 4.69) is 54.3 Å². The molecule has 0 unspecified atom stereocenters. The van der Waals surface area contributed by atoms with Crippen LogP contribution in [0.15, 0.2) is 23.2 Å². The first-order valence-corrected chi connectivity index (χ1v) is 11.9. The highest BCUT2D eigenvalue weighted by molar-refractivity contribution is 7.99. The van der Waals surface area contributed by atoms with Gasteiger partial charge in [-0.3, -0.25) is 0 Å². The molecular weight excluding hydrogens is 380 g/mol. The van der Waals surface area contributed by atoms with Gasteiger partial charge in [0.25, 0.3) is 0 Å². The number of aromatic nitrogens is 1. The third kappa shape index (κ3) is 3.77. The van der Waals surface area contributed by atoms with Crippen molar-refractivity contribution in [1.82, 2.24) is 20.1 Å². The van der Waals surface area contributed by atoms with E-state index in [4.69, 9.17) is 0 Å². The number of nitrogens with one attached hydrogen (secondary N) is 2. The molecular formula is C23H34N4OS. The lowest BCUT2D eigenvalue weighted by Crippen LogP contribution is -2.56. The highest BCUT2D eigenvalue weighted by Gasteiger charge is 2.41. The maximum Gasteiger partial charge on any atom is 0.317 e. The number of fused-ring (bicyclic) bond motifs is 2. The Morgan fingerprint density at radius 3 is 2.79 bits per heavy atom. The molecule has 29 heavy (non-hydrogen) atoms. The van der Waals surface area contributed by atoms with Gasteiger partial charge in [0.1, 0.15) is 0 Å². The van der Waals surface area contributed by atoms with Gasteiger partial charge in [0.05, 0.1) is 5.03 Å². The lowest BCUT2D eigenvalue weighted by atomic mass is 9.74. The summed E-state index contributed by atoms with van der Waals surface area (Å²) in [7, 11) is 2.22. The topological polar surface area (TPSA) is 51.4 Å². The van der Waals surface area contributed by atoms with Crippen molar-refractivity contribution in [2.75, 3.05) is 26.7 Å². The van der Waals surface area contributed by atoms with Crippen LogP contribution in [0.2, 0.25) is 0 Å². The Balaban J connectivity index is 1.64. The van der Waals surface area contributed by atoms with Crippen molar-refractivity contribution >= 4 is 28.7 Å². The normalized spacial score (nSPS) is 24.0. The molecule has 1 aromatic heterocycles. The molecule has 5 nitrogen and oxygen atoms in total. The van der Waals surface area contributed by atoms with Crippen LogP contribution in [0.1, 0.15) is 51.2 Å². The van der Waals surface area contributed by atoms with E-state index in [1.165, 1.54) is 27.1 Å². The van der Waals surface area contributed by atoms with Gasteiger partial charge in [0, 0.05) is 53.8 Å². The van der Waals surface area contributed by atoms with E-state index in [9.17, 15) is 4.79 Å². The Morgan fingerprint density at radius 1 is 1.34 bits per heavy atom. The monoisotopic (exact) mass is 414 g/mol. The molecule has 158 valence electrons. The van der Waals surface area contributed by atoms with Crippen LogP contribution in [0.4, 0.5) is 4.79 Å². The fraction of sp³-hybridized carbons (Fsp3) is 0.609. The predicted molar refractivity (Wildman–Crippen MR) is 122 cm³/mol. The van der Waals surface area contributed by atoms with Gasteiger partial charge in [0.15, 0.2) is 0 Å². The van der Waals surface area contributed by atoms with Crippen molar-refractivity contribution in [3.05, 3.63) is 29.3 Å². The molecule has 0 spiro atoms. The number of aromatic amines is 1. The number of nitrogens with zero attached hydrogens (tertiary/aromatic N) is 2. The number of carbonyl (C=O) groups is 1. The number of piperidine rings is 1. The van der Waals surface area contributed by atoms with E-state index < -0.39 is 0 Å². The van der Waals surface area contributed by atoms with Gasteiger partial charge in [-0.05, 0) is 50.9 Å². The van der Waals surface area contributed by atoms with Gasteiger partial charge in [-0.2, -0.15) is 0 Å². The van der Waals surface area contributed by atoms with Gasteiger partial charge < -0.3 is 20.1 Å². The smallest absolute Gasteiger partial charge is 0.317 e. The summed E-state index contributed by atoms with van der Waals surface area (Å²) < 4.78 is 0. The van der Waals surface area contributed by atoms with Gasteiger partial charge in [-0.15, -0.1) is 11.8 Å². The molecule has 0 radical (unpaired) electrons. The number of urea groups is 1. The van der Waals surface area contributed by atoms with Crippen LogP contribution in [0.3, 0.4) is 0 Å². The summed E-state index contributed by atoms with van der Waals surface area (Å²) in [5.41, 5.74) is 4.21. The molecule has 2 heterocycles. The van der Waals surface area contributed by atoms with Gasteiger partial charge >= 0.3 is 6.03 Å². The lowest BCUT2D eigenvalue weighted by Gasteiger charge is -2.46. The molecule has 6 heteroatoms. The lowest BCUT2D eigenvalue weighted by molar-refractivity contribution is 0.123. The van der Waals surface area contributed by atoms with Gasteiger partial charge in [-0.1, -0.05) is 26.0 Å². The van der Waals surface area contributed by atoms with Crippen molar-refractivity contribution in [2.45, 2.75) is 68.8 Å². The molecule has 2 aromatic rings. The van der Waals surface area contributed by atoms with Gasteiger partial charge in [0.2, 0.25) is 0 Å². The number of hydrogen-bond acceptors (Lipinski definition) is 3. The van der Waals surface area contributed by atoms with E-state index in [-0.39, 0.29) is 12.1 Å². The zero-order valence-corrected chi connectivity index (χ0v) is 19.1. The summed E-state index contributed by atoms with van der Waals surface area (Å²) >= 11 is 1.94. The third-order valence-corrected chi connectivity index (χ3v) is 7.60. The first-order valence-electron chi connectivity index (χ1n) is 11.0. The second-order valence-corrected chi connectivity index (χ2v) is 10.3. The largest absolute Gasteiger partial charge is 0.349 e. The van der Waals surface area contributed by atoms with Gasteiger partial charge in [-0.25, -0.2) is 4.79 Å². The fourth-order valence-corrected chi connectivity index (χ4v) is 6.18. The highest BCUT2D eigenvalue weighted by atomic mass is 32.2. The molecule has 0 bridgehead atoms. The minimum atomic E-state index is 0.0684. The average molecular weight is 415 g/mol. The molecule has 2 aliphatic rings. The molecule has 1 aliphatic heterocycles. The second-order valence-electron chi connectivity index (χ2n) is 8.74.